The molecule has 1 N–H and O–H groups in total. The molecule has 0 atom stereocenters. The largest absolute Gasteiger partial charge is 0.497 e. The van der Waals surface area contributed by atoms with Gasteiger partial charge in [-0.15, -0.1) is 11.3 Å². The fourth-order valence-corrected chi connectivity index (χ4v) is 5.72. The second-order valence-electron chi connectivity index (χ2n) is 9.21. The molecule has 0 unspecified atom stereocenters. The number of allylic oxidation sites excluding steroid dienone is 2. The second-order valence-corrected chi connectivity index (χ2v) is 11.1. The van der Waals surface area contributed by atoms with Gasteiger partial charge in [-0.25, -0.2) is 9.97 Å². The third kappa shape index (κ3) is 7.14. The summed E-state index contributed by atoms with van der Waals surface area (Å²) in [6, 6.07) is 8.35. The van der Waals surface area contributed by atoms with Crippen molar-refractivity contribution < 1.29 is 9.47 Å². The summed E-state index contributed by atoms with van der Waals surface area (Å²) in [6.07, 6.45) is 7.27. The van der Waals surface area contributed by atoms with E-state index in [-0.39, 0.29) is 0 Å². The minimum Gasteiger partial charge on any atom is -0.497 e. The van der Waals surface area contributed by atoms with Gasteiger partial charge < -0.3 is 14.2 Å². The summed E-state index contributed by atoms with van der Waals surface area (Å²) in [4.78, 5) is 11.0. The number of nitrogens with zero attached hydrogens (tertiary/aromatic N) is 2. The number of anilines is 1. The molecule has 192 valence electrons. The number of hydrogen-bond donors (Lipinski definition) is 1. The molecular weight excluding hydrogens is 486 g/mol. The summed E-state index contributed by atoms with van der Waals surface area (Å²) in [6.45, 7) is 14.9. The van der Waals surface area contributed by atoms with E-state index in [1.165, 1.54) is 22.4 Å². The zero-order valence-electron chi connectivity index (χ0n) is 22.4. The Hall–Kier alpha value is -2.77. The van der Waals surface area contributed by atoms with Crippen molar-refractivity contribution >= 4 is 39.7 Å². The normalized spacial score (nSPS) is 11.6. The van der Waals surface area contributed by atoms with Crippen LogP contribution < -0.4 is 9.46 Å². The standard InChI is InChI=1S/C29H37N3O2S2/c1-9-10-11-20(5)23-16-25(21(6)33-7)28(30-17-23)36-32-29-31-27(26(35-29)12-18(2)3)22-13-19(4)14-24(15-22)34-8/h11,13-18H,6,9-10,12H2,1-5,7-8H3,(H,31,32)/b20-11+. The SMILES string of the molecule is C=C(OC)c1cc(/C(C)=C/CCC)cnc1SNc1nc(-c2cc(C)cc(OC)c2)c(CC(C)C)s1. The van der Waals surface area contributed by atoms with E-state index in [0.29, 0.717) is 11.7 Å². The Bertz CT molecular complexity index is 1230. The summed E-state index contributed by atoms with van der Waals surface area (Å²) >= 11 is 3.11. The van der Waals surface area contributed by atoms with Gasteiger partial charge in [-0.1, -0.05) is 39.8 Å². The average molecular weight is 524 g/mol. The number of hydrogen-bond acceptors (Lipinski definition) is 7. The highest BCUT2D eigenvalue weighted by atomic mass is 32.2. The first-order valence-corrected chi connectivity index (χ1v) is 13.9. The zero-order valence-corrected chi connectivity index (χ0v) is 24.0. The van der Waals surface area contributed by atoms with Crippen LogP contribution in [0.25, 0.3) is 22.6 Å². The Labute approximate surface area is 224 Å². The number of pyridine rings is 1. The third-order valence-corrected chi connectivity index (χ3v) is 7.61. The van der Waals surface area contributed by atoms with Crippen molar-refractivity contribution in [1.82, 2.24) is 9.97 Å². The number of nitrogens with one attached hydrogen (secondary N) is 1. The maximum atomic E-state index is 5.51. The van der Waals surface area contributed by atoms with Crippen molar-refractivity contribution in [2.24, 2.45) is 5.92 Å². The summed E-state index contributed by atoms with van der Waals surface area (Å²) in [5.74, 6) is 1.95. The molecule has 0 radical (unpaired) electrons. The predicted molar refractivity (Wildman–Crippen MR) is 156 cm³/mol. The van der Waals surface area contributed by atoms with Crippen LogP contribution in [-0.2, 0) is 11.2 Å². The van der Waals surface area contributed by atoms with Crippen LogP contribution in [-0.4, -0.2) is 24.2 Å². The van der Waals surface area contributed by atoms with Gasteiger partial charge in [0, 0.05) is 28.6 Å². The minimum atomic E-state index is 0.520. The van der Waals surface area contributed by atoms with Gasteiger partial charge >= 0.3 is 0 Å². The minimum absolute atomic E-state index is 0.520. The zero-order chi connectivity index (χ0) is 26.2. The molecule has 1 aromatic carbocycles. The van der Waals surface area contributed by atoms with E-state index in [0.717, 1.165) is 63.1 Å². The lowest BCUT2D eigenvalue weighted by molar-refractivity contribution is 0.370. The molecule has 0 aliphatic carbocycles. The summed E-state index contributed by atoms with van der Waals surface area (Å²) in [5.41, 5.74) is 6.37. The smallest absolute Gasteiger partial charge is 0.193 e. The number of aryl methyl sites for hydroxylation is 1. The average Bonchev–Trinajstić information content (AvgIpc) is 3.26. The van der Waals surface area contributed by atoms with E-state index < -0.39 is 0 Å². The van der Waals surface area contributed by atoms with Crippen LogP contribution in [0.2, 0.25) is 0 Å². The third-order valence-electron chi connectivity index (χ3n) is 5.68. The fourth-order valence-electron chi connectivity index (χ4n) is 3.76. The Kier molecular flexibility index (Phi) is 10.0. The van der Waals surface area contributed by atoms with Crippen LogP contribution >= 0.6 is 23.3 Å². The Morgan fingerprint density at radius 1 is 1.22 bits per heavy atom. The fraction of sp³-hybridized carbons (Fsp3) is 0.379. The highest BCUT2D eigenvalue weighted by Gasteiger charge is 2.17. The van der Waals surface area contributed by atoms with E-state index in [9.17, 15) is 0 Å². The molecule has 3 rings (SSSR count). The monoisotopic (exact) mass is 523 g/mol. The number of thiazole rings is 1. The van der Waals surface area contributed by atoms with Gasteiger partial charge in [0.2, 0.25) is 0 Å². The number of methoxy groups -OCH3 is 2. The summed E-state index contributed by atoms with van der Waals surface area (Å²) in [5, 5.41) is 1.64. The molecule has 36 heavy (non-hydrogen) atoms. The van der Waals surface area contributed by atoms with Gasteiger partial charge in [-0.3, -0.25) is 0 Å². The lowest BCUT2D eigenvalue weighted by Gasteiger charge is -2.12. The van der Waals surface area contributed by atoms with Crippen molar-refractivity contribution in [2.45, 2.75) is 58.9 Å². The van der Waals surface area contributed by atoms with Crippen molar-refractivity contribution in [3.8, 4) is 17.0 Å². The van der Waals surface area contributed by atoms with E-state index in [4.69, 9.17) is 19.4 Å². The van der Waals surface area contributed by atoms with E-state index in [1.54, 1.807) is 25.6 Å². The van der Waals surface area contributed by atoms with Crippen LogP contribution in [0.4, 0.5) is 5.13 Å². The van der Waals surface area contributed by atoms with Crippen LogP contribution in [0.5, 0.6) is 5.75 Å². The number of aromatic nitrogens is 2. The van der Waals surface area contributed by atoms with Crippen LogP contribution in [0.15, 0.2) is 48.1 Å². The highest BCUT2D eigenvalue weighted by molar-refractivity contribution is 8.00. The molecular formula is C29H37N3O2S2. The summed E-state index contributed by atoms with van der Waals surface area (Å²) < 4.78 is 14.4. The first kappa shape index (κ1) is 27.8. The van der Waals surface area contributed by atoms with E-state index in [1.807, 2.05) is 12.3 Å². The summed E-state index contributed by atoms with van der Waals surface area (Å²) in [7, 11) is 3.33. The first-order chi connectivity index (χ1) is 17.2. The maximum Gasteiger partial charge on any atom is 0.193 e. The van der Waals surface area contributed by atoms with Crippen molar-refractivity contribution in [3.63, 3.8) is 0 Å². The van der Waals surface area contributed by atoms with E-state index in [2.05, 4.69) is 70.2 Å². The molecule has 0 bridgehead atoms. The molecule has 0 spiro atoms. The molecule has 0 aliphatic heterocycles. The molecule has 0 aliphatic rings. The Morgan fingerprint density at radius 2 is 2.00 bits per heavy atom. The predicted octanol–water partition coefficient (Wildman–Crippen LogP) is 8.66. The molecule has 3 aromatic rings. The van der Waals surface area contributed by atoms with Crippen LogP contribution in [0, 0.1) is 12.8 Å². The van der Waals surface area contributed by atoms with Crippen molar-refractivity contribution in [2.75, 3.05) is 18.9 Å². The molecule has 2 heterocycles. The quantitative estimate of drug-likeness (QED) is 0.189. The molecule has 7 heteroatoms. The number of benzene rings is 1. The molecule has 0 amide bonds. The number of rotatable bonds is 12. The lowest BCUT2D eigenvalue weighted by Crippen LogP contribution is -1.98. The number of unbranched alkanes of at least 4 members (excludes halogenated alkanes) is 1. The highest BCUT2D eigenvalue weighted by Crippen LogP contribution is 2.37. The second kappa shape index (κ2) is 13.0. The van der Waals surface area contributed by atoms with Gasteiger partial charge in [-0.05, 0) is 73.6 Å². The maximum absolute atomic E-state index is 5.51. The Balaban J connectivity index is 1.92. The Morgan fingerprint density at radius 3 is 2.67 bits per heavy atom. The van der Waals surface area contributed by atoms with Crippen LogP contribution in [0.1, 0.15) is 62.1 Å². The van der Waals surface area contributed by atoms with Gasteiger partial charge in [-0.2, -0.15) is 0 Å². The molecule has 0 fully saturated rings. The topological polar surface area (TPSA) is 56.3 Å². The van der Waals surface area contributed by atoms with Crippen LogP contribution in [0.3, 0.4) is 0 Å². The molecule has 0 saturated carbocycles. The van der Waals surface area contributed by atoms with Crippen molar-refractivity contribution in [1.29, 1.82) is 0 Å². The molecule has 0 saturated heterocycles. The van der Waals surface area contributed by atoms with Gasteiger partial charge in [0.05, 0.1) is 25.5 Å². The van der Waals surface area contributed by atoms with E-state index >= 15 is 0 Å². The van der Waals surface area contributed by atoms with Crippen molar-refractivity contribution in [3.05, 3.63) is 64.7 Å². The molecule has 2 aromatic heterocycles. The first-order valence-electron chi connectivity index (χ1n) is 12.2. The van der Waals surface area contributed by atoms with Gasteiger partial charge in [0.1, 0.15) is 16.5 Å². The number of ether oxygens (including phenoxy) is 2. The van der Waals surface area contributed by atoms with Gasteiger partial charge in [0.25, 0.3) is 0 Å². The molecule has 5 nitrogen and oxygen atoms in total. The van der Waals surface area contributed by atoms with Gasteiger partial charge in [0.15, 0.2) is 5.13 Å². The lowest BCUT2D eigenvalue weighted by atomic mass is 10.0.